The van der Waals surface area contributed by atoms with Gasteiger partial charge in [-0.1, -0.05) is 27.2 Å². The molecule has 0 saturated heterocycles. The topological polar surface area (TPSA) is 70.7 Å². The van der Waals surface area contributed by atoms with Gasteiger partial charge in [0.2, 0.25) is 5.82 Å². The number of thioether (sulfide) groups is 1. The zero-order chi connectivity index (χ0) is 14.3. The maximum Gasteiger partial charge on any atom is 0.290 e. The second-order valence-corrected chi connectivity index (χ2v) is 6.55. The SMILES string of the molecule is CSCCCCCNC(=O)c1n[nH]c(C(C)(C)C)n1. The van der Waals surface area contributed by atoms with E-state index in [0.717, 1.165) is 18.7 Å². The third kappa shape index (κ3) is 5.63. The lowest BCUT2D eigenvalue weighted by Crippen LogP contribution is -2.25. The van der Waals surface area contributed by atoms with Crippen LogP contribution in [-0.4, -0.2) is 39.6 Å². The minimum Gasteiger partial charge on any atom is -0.349 e. The van der Waals surface area contributed by atoms with Crippen LogP contribution in [0.5, 0.6) is 0 Å². The highest BCUT2D eigenvalue weighted by Gasteiger charge is 2.20. The zero-order valence-electron chi connectivity index (χ0n) is 12.2. The fraction of sp³-hybridized carbons (Fsp3) is 0.769. The number of hydrogen-bond acceptors (Lipinski definition) is 4. The maximum atomic E-state index is 11.8. The van der Waals surface area contributed by atoms with Crippen LogP contribution in [0, 0.1) is 0 Å². The van der Waals surface area contributed by atoms with Crippen molar-refractivity contribution in [3.8, 4) is 0 Å². The van der Waals surface area contributed by atoms with Gasteiger partial charge in [0.05, 0.1) is 0 Å². The van der Waals surface area contributed by atoms with Crippen molar-refractivity contribution in [3.63, 3.8) is 0 Å². The molecule has 0 bridgehead atoms. The Kier molecular flexibility index (Phi) is 6.34. The highest BCUT2D eigenvalue weighted by molar-refractivity contribution is 7.98. The molecule has 0 aliphatic carbocycles. The number of aromatic amines is 1. The summed E-state index contributed by atoms with van der Waals surface area (Å²) in [5.41, 5.74) is -0.122. The van der Waals surface area contributed by atoms with Crippen LogP contribution in [0.1, 0.15) is 56.5 Å². The van der Waals surface area contributed by atoms with Gasteiger partial charge in [-0.2, -0.15) is 11.8 Å². The van der Waals surface area contributed by atoms with Crippen LogP contribution in [0.3, 0.4) is 0 Å². The number of unbranched alkanes of at least 4 members (excludes halogenated alkanes) is 2. The Hall–Kier alpha value is -1.04. The Morgan fingerprint density at radius 3 is 2.63 bits per heavy atom. The fourth-order valence-corrected chi connectivity index (χ4v) is 2.02. The molecule has 6 heteroatoms. The van der Waals surface area contributed by atoms with Crippen LogP contribution in [0.4, 0.5) is 0 Å². The molecule has 0 unspecified atom stereocenters. The van der Waals surface area contributed by atoms with E-state index in [1.165, 1.54) is 12.2 Å². The number of carbonyl (C=O) groups excluding carboxylic acids is 1. The molecule has 5 nitrogen and oxygen atoms in total. The molecule has 108 valence electrons. The molecular formula is C13H24N4OS. The molecule has 1 heterocycles. The van der Waals surface area contributed by atoms with Crippen LogP contribution >= 0.6 is 11.8 Å². The second-order valence-electron chi connectivity index (χ2n) is 5.57. The first kappa shape index (κ1) is 16.0. The second kappa shape index (κ2) is 7.53. The average Bonchev–Trinajstić information content (AvgIpc) is 2.82. The summed E-state index contributed by atoms with van der Waals surface area (Å²) in [6.45, 7) is 6.77. The van der Waals surface area contributed by atoms with E-state index in [-0.39, 0.29) is 17.1 Å². The highest BCUT2D eigenvalue weighted by atomic mass is 32.2. The first-order valence-corrected chi connectivity index (χ1v) is 8.04. The van der Waals surface area contributed by atoms with E-state index >= 15 is 0 Å². The summed E-state index contributed by atoms with van der Waals surface area (Å²) in [6, 6.07) is 0. The number of hydrogen-bond donors (Lipinski definition) is 2. The number of H-pyrrole nitrogens is 1. The van der Waals surface area contributed by atoms with Gasteiger partial charge < -0.3 is 5.32 Å². The third-order valence-electron chi connectivity index (χ3n) is 2.71. The molecule has 0 radical (unpaired) electrons. The molecule has 0 fully saturated rings. The Bertz CT molecular complexity index is 398. The summed E-state index contributed by atoms with van der Waals surface area (Å²) in [4.78, 5) is 16.0. The van der Waals surface area contributed by atoms with Crippen molar-refractivity contribution in [2.75, 3.05) is 18.6 Å². The first-order chi connectivity index (χ1) is 8.95. The Balaban J connectivity index is 2.32. The number of nitrogens with one attached hydrogen (secondary N) is 2. The van der Waals surface area contributed by atoms with Crippen molar-refractivity contribution in [2.24, 2.45) is 0 Å². The monoisotopic (exact) mass is 284 g/mol. The van der Waals surface area contributed by atoms with Gasteiger partial charge >= 0.3 is 0 Å². The summed E-state index contributed by atoms with van der Waals surface area (Å²) in [6.07, 6.45) is 5.45. The third-order valence-corrected chi connectivity index (χ3v) is 3.41. The summed E-state index contributed by atoms with van der Waals surface area (Å²) in [7, 11) is 0. The normalized spacial score (nSPS) is 11.6. The molecule has 0 saturated carbocycles. The zero-order valence-corrected chi connectivity index (χ0v) is 13.1. The molecular weight excluding hydrogens is 260 g/mol. The largest absolute Gasteiger partial charge is 0.349 e. The molecule has 0 spiro atoms. The van der Waals surface area contributed by atoms with Gasteiger partial charge in [0.15, 0.2) is 0 Å². The number of aromatic nitrogens is 3. The lowest BCUT2D eigenvalue weighted by atomic mass is 9.96. The van der Waals surface area contributed by atoms with Crippen molar-refractivity contribution in [2.45, 2.75) is 45.4 Å². The van der Waals surface area contributed by atoms with Crippen LogP contribution in [0.25, 0.3) is 0 Å². The van der Waals surface area contributed by atoms with E-state index in [1.54, 1.807) is 0 Å². The lowest BCUT2D eigenvalue weighted by molar-refractivity contribution is 0.0943. The molecule has 0 atom stereocenters. The number of nitrogens with zero attached hydrogens (tertiary/aromatic N) is 2. The van der Waals surface area contributed by atoms with Crippen LogP contribution in [-0.2, 0) is 5.41 Å². The van der Waals surface area contributed by atoms with Gasteiger partial charge in [-0.05, 0) is 24.9 Å². The van der Waals surface area contributed by atoms with Gasteiger partial charge in [0.25, 0.3) is 5.91 Å². The van der Waals surface area contributed by atoms with Gasteiger partial charge in [0, 0.05) is 12.0 Å². The number of amides is 1. The van der Waals surface area contributed by atoms with Crippen molar-refractivity contribution < 1.29 is 4.79 Å². The van der Waals surface area contributed by atoms with E-state index in [1.807, 2.05) is 32.5 Å². The van der Waals surface area contributed by atoms with Crippen LogP contribution in [0.15, 0.2) is 0 Å². The van der Waals surface area contributed by atoms with E-state index in [4.69, 9.17) is 0 Å². The first-order valence-electron chi connectivity index (χ1n) is 6.65. The van der Waals surface area contributed by atoms with E-state index in [2.05, 4.69) is 26.8 Å². The number of rotatable bonds is 7. The van der Waals surface area contributed by atoms with Crippen LogP contribution in [0.2, 0.25) is 0 Å². The van der Waals surface area contributed by atoms with Crippen molar-refractivity contribution >= 4 is 17.7 Å². The highest BCUT2D eigenvalue weighted by Crippen LogP contribution is 2.17. The molecule has 1 amide bonds. The minimum absolute atomic E-state index is 0.122. The number of carbonyl (C=O) groups is 1. The summed E-state index contributed by atoms with van der Waals surface area (Å²) >= 11 is 1.86. The minimum atomic E-state index is -0.198. The summed E-state index contributed by atoms with van der Waals surface area (Å²) in [5, 5.41) is 9.63. The van der Waals surface area contributed by atoms with Gasteiger partial charge in [-0.15, -0.1) is 5.10 Å². The molecule has 1 aromatic rings. The van der Waals surface area contributed by atoms with Crippen molar-refractivity contribution in [1.29, 1.82) is 0 Å². The summed E-state index contributed by atoms with van der Waals surface area (Å²) in [5.74, 6) is 1.95. The predicted octanol–water partition coefficient (Wildman–Crippen LogP) is 2.37. The molecule has 1 aromatic heterocycles. The molecule has 2 N–H and O–H groups in total. The lowest BCUT2D eigenvalue weighted by Gasteiger charge is -2.12. The average molecular weight is 284 g/mol. The quantitative estimate of drug-likeness (QED) is 0.754. The Labute approximate surface area is 119 Å². The Morgan fingerprint density at radius 1 is 1.32 bits per heavy atom. The van der Waals surface area contributed by atoms with Crippen LogP contribution < -0.4 is 5.32 Å². The van der Waals surface area contributed by atoms with E-state index < -0.39 is 0 Å². The molecule has 0 aliphatic rings. The van der Waals surface area contributed by atoms with Gasteiger partial charge in [0.1, 0.15) is 5.82 Å². The molecule has 19 heavy (non-hydrogen) atoms. The summed E-state index contributed by atoms with van der Waals surface area (Å²) < 4.78 is 0. The maximum absolute atomic E-state index is 11.8. The Morgan fingerprint density at radius 2 is 2.05 bits per heavy atom. The van der Waals surface area contributed by atoms with Crippen molar-refractivity contribution in [3.05, 3.63) is 11.6 Å². The standard InChI is InChI=1S/C13H24N4OS/c1-13(2,3)12-15-10(16-17-12)11(18)14-8-6-5-7-9-19-4/h5-9H2,1-4H3,(H,14,18)(H,15,16,17). The van der Waals surface area contributed by atoms with E-state index in [0.29, 0.717) is 6.54 Å². The van der Waals surface area contributed by atoms with Crippen molar-refractivity contribution in [1.82, 2.24) is 20.5 Å². The van der Waals surface area contributed by atoms with Gasteiger partial charge in [-0.25, -0.2) is 4.98 Å². The van der Waals surface area contributed by atoms with Gasteiger partial charge in [-0.3, -0.25) is 9.89 Å². The molecule has 0 aromatic carbocycles. The molecule has 0 aliphatic heterocycles. The molecule has 1 rings (SSSR count). The van der Waals surface area contributed by atoms with E-state index in [9.17, 15) is 4.79 Å². The fourth-order valence-electron chi connectivity index (χ4n) is 1.53. The predicted molar refractivity (Wildman–Crippen MR) is 79.6 cm³/mol. The smallest absolute Gasteiger partial charge is 0.290 e.